The summed E-state index contributed by atoms with van der Waals surface area (Å²) in [4.78, 5) is 33.6. The summed E-state index contributed by atoms with van der Waals surface area (Å²) in [5.41, 5.74) is 3.41. The van der Waals surface area contributed by atoms with Crippen LogP contribution in [0.25, 0.3) is 11.1 Å². The zero-order valence-electron chi connectivity index (χ0n) is 21.9. The highest BCUT2D eigenvalue weighted by molar-refractivity contribution is 5.94. The summed E-state index contributed by atoms with van der Waals surface area (Å²) >= 11 is 0. The number of carbonyl (C=O) groups excluding carboxylic acids is 2. The highest BCUT2D eigenvalue weighted by atomic mass is 19.4. The van der Waals surface area contributed by atoms with Crippen LogP contribution >= 0.6 is 0 Å². The molecule has 0 spiro atoms. The summed E-state index contributed by atoms with van der Waals surface area (Å²) in [7, 11) is 0. The second-order valence-electron chi connectivity index (χ2n) is 11.3. The lowest BCUT2D eigenvalue weighted by Gasteiger charge is -2.19. The maximum Gasteiger partial charge on any atom is 0.392 e. The molecule has 3 atom stereocenters. The predicted molar refractivity (Wildman–Crippen MR) is 137 cm³/mol. The fourth-order valence-electron chi connectivity index (χ4n) is 4.90. The normalized spacial score (nSPS) is 21.0. The van der Waals surface area contributed by atoms with E-state index in [1.165, 1.54) is 6.20 Å². The molecule has 1 fully saturated rings. The third-order valence-electron chi connectivity index (χ3n) is 7.20. The lowest BCUT2D eigenvalue weighted by molar-refractivity contribution is -0.153. The molecule has 2 amide bonds. The minimum absolute atomic E-state index is 0.0681. The second-order valence-corrected chi connectivity index (χ2v) is 11.3. The Morgan fingerprint density at radius 2 is 1.82 bits per heavy atom. The van der Waals surface area contributed by atoms with Gasteiger partial charge in [-0.2, -0.15) is 18.2 Å². The fraction of sp³-hybridized carbons (Fsp3) is 0.464. The van der Waals surface area contributed by atoms with Gasteiger partial charge in [0.15, 0.2) is 5.82 Å². The summed E-state index contributed by atoms with van der Waals surface area (Å²) in [5, 5.41) is 9.50. The second kappa shape index (κ2) is 10.1. The van der Waals surface area contributed by atoms with Crippen LogP contribution in [0.5, 0.6) is 0 Å². The van der Waals surface area contributed by atoms with Crippen molar-refractivity contribution in [1.29, 1.82) is 0 Å². The number of aryl methyl sites for hydroxylation is 1. The van der Waals surface area contributed by atoms with Crippen LogP contribution in [-0.2, 0) is 16.6 Å². The van der Waals surface area contributed by atoms with Crippen LogP contribution < -0.4 is 10.6 Å². The SMILES string of the molecule is CC(C)(C)c1noc(C(=O)NC2CCCCc3cc(-c4ccnc(NC(=O)[C@H]5C[C@@H]5C(F)(F)F)c4)ccc32)n1. The van der Waals surface area contributed by atoms with E-state index in [4.69, 9.17) is 4.52 Å². The number of hydrogen-bond acceptors (Lipinski definition) is 6. The minimum Gasteiger partial charge on any atom is -0.341 e. The molecule has 206 valence electrons. The van der Waals surface area contributed by atoms with E-state index in [1.807, 2.05) is 39.0 Å². The summed E-state index contributed by atoms with van der Waals surface area (Å²) < 4.78 is 43.7. The van der Waals surface area contributed by atoms with Gasteiger partial charge in [-0.25, -0.2) is 4.98 Å². The Morgan fingerprint density at radius 1 is 1.05 bits per heavy atom. The van der Waals surface area contributed by atoms with Crippen molar-refractivity contribution >= 4 is 17.6 Å². The molecular weight excluding hydrogens is 511 g/mol. The largest absolute Gasteiger partial charge is 0.392 e. The summed E-state index contributed by atoms with van der Waals surface area (Å²) in [5.74, 6) is -3.14. The molecule has 1 aromatic carbocycles. The molecule has 2 aliphatic carbocycles. The average molecular weight is 542 g/mol. The quantitative estimate of drug-likeness (QED) is 0.397. The highest BCUT2D eigenvalue weighted by Gasteiger charge is 2.58. The van der Waals surface area contributed by atoms with Crippen molar-refractivity contribution in [2.75, 3.05) is 5.32 Å². The molecule has 2 N–H and O–H groups in total. The predicted octanol–water partition coefficient (Wildman–Crippen LogP) is 5.76. The van der Waals surface area contributed by atoms with Crippen molar-refractivity contribution in [2.24, 2.45) is 11.8 Å². The van der Waals surface area contributed by atoms with E-state index in [9.17, 15) is 22.8 Å². The Balaban J connectivity index is 1.31. The molecule has 1 unspecified atom stereocenters. The van der Waals surface area contributed by atoms with E-state index in [0.29, 0.717) is 5.82 Å². The zero-order chi connectivity index (χ0) is 27.9. The first-order valence-corrected chi connectivity index (χ1v) is 13.0. The number of nitrogens with one attached hydrogen (secondary N) is 2. The summed E-state index contributed by atoms with van der Waals surface area (Å²) in [6, 6.07) is 9.17. The number of alkyl halides is 3. The Hall–Kier alpha value is -3.76. The topological polar surface area (TPSA) is 110 Å². The fourth-order valence-corrected chi connectivity index (χ4v) is 4.90. The number of carbonyl (C=O) groups is 2. The Bertz CT molecular complexity index is 1400. The van der Waals surface area contributed by atoms with Gasteiger partial charge in [0.2, 0.25) is 5.91 Å². The van der Waals surface area contributed by atoms with E-state index in [0.717, 1.165) is 47.9 Å². The van der Waals surface area contributed by atoms with Gasteiger partial charge in [-0.1, -0.05) is 50.5 Å². The maximum absolute atomic E-state index is 12.9. The van der Waals surface area contributed by atoms with E-state index >= 15 is 0 Å². The van der Waals surface area contributed by atoms with Crippen LogP contribution in [0, 0.1) is 11.8 Å². The van der Waals surface area contributed by atoms with Gasteiger partial charge < -0.3 is 15.2 Å². The Morgan fingerprint density at radius 3 is 2.51 bits per heavy atom. The smallest absolute Gasteiger partial charge is 0.341 e. The number of hydrogen-bond donors (Lipinski definition) is 2. The molecule has 2 aliphatic rings. The van der Waals surface area contributed by atoms with Crippen LogP contribution in [0.3, 0.4) is 0 Å². The van der Waals surface area contributed by atoms with E-state index in [1.54, 1.807) is 12.1 Å². The van der Waals surface area contributed by atoms with Gasteiger partial charge in [-0.15, -0.1) is 0 Å². The van der Waals surface area contributed by atoms with Crippen molar-refractivity contribution in [3.63, 3.8) is 0 Å². The minimum atomic E-state index is -4.36. The number of rotatable bonds is 5. The molecule has 0 aliphatic heterocycles. The van der Waals surface area contributed by atoms with Crippen molar-refractivity contribution in [3.8, 4) is 11.1 Å². The van der Waals surface area contributed by atoms with Crippen molar-refractivity contribution in [3.05, 3.63) is 59.4 Å². The number of aromatic nitrogens is 3. The Kier molecular flexibility index (Phi) is 6.94. The number of amides is 2. The standard InChI is InChI=1S/C28H30F3N5O3/c1-27(2,3)26-35-25(39-36-26)24(38)33-21-7-5-4-6-17-12-15(8-9-18(17)21)16-10-11-32-22(13-16)34-23(37)19-14-20(19)28(29,30)31/h8-13,19-21H,4-7,14H2,1-3H3,(H,33,38)(H,32,34,37)/t19-,20-,21?/m0/s1. The monoisotopic (exact) mass is 541 g/mol. The van der Waals surface area contributed by atoms with E-state index in [-0.39, 0.29) is 29.6 Å². The number of benzene rings is 1. The van der Waals surface area contributed by atoms with Crippen molar-refractivity contribution < 1.29 is 27.3 Å². The van der Waals surface area contributed by atoms with E-state index < -0.39 is 29.8 Å². The van der Waals surface area contributed by atoms with Gasteiger partial charge in [0.25, 0.3) is 0 Å². The summed E-state index contributed by atoms with van der Waals surface area (Å²) in [6.07, 6.45) is 0.445. The van der Waals surface area contributed by atoms with Gasteiger partial charge in [0.05, 0.1) is 17.9 Å². The third-order valence-corrected chi connectivity index (χ3v) is 7.20. The Labute approximate surface area is 223 Å². The van der Waals surface area contributed by atoms with Gasteiger partial charge >= 0.3 is 18.0 Å². The van der Waals surface area contributed by atoms with Gasteiger partial charge in [0, 0.05) is 11.6 Å². The number of nitrogens with zero attached hydrogens (tertiary/aromatic N) is 3. The molecule has 2 heterocycles. The number of pyridine rings is 1. The number of fused-ring (bicyclic) bond motifs is 1. The molecule has 3 aromatic rings. The van der Waals surface area contributed by atoms with E-state index in [2.05, 4.69) is 25.8 Å². The highest BCUT2D eigenvalue weighted by Crippen LogP contribution is 2.50. The molecular formula is C28H30F3N5O3. The molecule has 39 heavy (non-hydrogen) atoms. The zero-order valence-corrected chi connectivity index (χ0v) is 21.9. The molecule has 0 radical (unpaired) electrons. The molecule has 0 bridgehead atoms. The van der Waals surface area contributed by atoms with Crippen molar-refractivity contribution in [2.45, 2.75) is 70.5 Å². The molecule has 2 aromatic heterocycles. The van der Waals surface area contributed by atoms with Crippen LogP contribution in [0.15, 0.2) is 41.1 Å². The average Bonchev–Trinajstić information content (AvgIpc) is 3.58. The third kappa shape index (κ3) is 5.97. The molecule has 11 heteroatoms. The van der Waals surface area contributed by atoms with Crippen molar-refractivity contribution in [1.82, 2.24) is 20.4 Å². The van der Waals surface area contributed by atoms with Crippen LogP contribution in [-0.4, -0.2) is 33.1 Å². The van der Waals surface area contributed by atoms with Crippen LogP contribution in [0.2, 0.25) is 0 Å². The van der Waals surface area contributed by atoms with Gasteiger partial charge in [-0.05, 0) is 60.1 Å². The van der Waals surface area contributed by atoms with Gasteiger partial charge in [0.1, 0.15) is 5.82 Å². The molecule has 1 saturated carbocycles. The first-order valence-electron chi connectivity index (χ1n) is 13.0. The molecule has 8 nitrogen and oxygen atoms in total. The lowest BCUT2D eigenvalue weighted by Crippen LogP contribution is -2.29. The molecule has 0 saturated heterocycles. The number of anilines is 1. The summed E-state index contributed by atoms with van der Waals surface area (Å²) in [6.45, 7) is 5.82. The number of halogens is 3. The van der Waals surface area contributed by atoms with Crippen LogP contribution in [0.4, 0.5) is 19.0 Å². The first-order chi connectivity index (χ1) is 18.4. The maximum atomic E-state index is 12.9. The van der Waals surface area contributed by atoms with Crippen LogP contribution in [0.1, 0.15) is 80.1 Å². The van der Waals surface area contributed by atoms with Gasteiger partial charge in [-0.3, -0.25) is 9.59 Å². The first kappa shape index (κ1) is 26.8. The molecule has 5 rings (SSSR count). The lowest BCUT2D eigenvalue weighted by atomic mass is 9.94.